The fourth-order valence-electron chi connectivity index (χ4n) is 8.77. The van der Waals surface area contributed by atoms with E-state index in [2.05, 4.69) is 39.0 Å². The van der Waals surface area contributed by atoms with Gasteiger partial charge in [0.25, 0.3) is 5.91 Å². The zero-order chi connectivity index (χ0) is 42.9. The number of aromatic carboxylic acids is 1. The number of carboxylic acid groups (broad SMARTS) is 1. The Bertz CT molecular complexity index is 2160. The first-order valence-corrected chi connectivity index (χ1v) is 22.3. The number of amides is 1. The Balaban J connectivity index is 0.000000170. The van der Waals surface area contributed by atoms with Crippen LogP contribution in [-0.4, -0.2) is 40.0 Å². The van der Waals surface area contributed by atoms with Crippen LogP contribution in [0.2, 0.25) is 0 Å². The summed E-state index contributed by atoms with van der Waals surface area (Å²) >= 11 is 0. The van der Waals surface area contributed by atoms with Crippen molar-refractivity contribution in [1.82, 2.24) is 15.3 Å². The van der Waals surface area contributed by atoms with Gasteiger partial charge in [-0.3, -0.25) is 14.8 Å². The van der Waals surface area contributed by atoms with Crippen LogP contribution in [0.25, 0.3) is 0 Å². The lowest BCUT2D eigenvalue weighted by Gasteiger charge is -2.33. The van der Waals surface area contributed by atoms with E-state index in [1.165, 1.54) is 146 Å². The van der Waals surface area contributed by atoms with Crippen molar-refractivity contribution >= 4 is 11.9 Å². The molecule has 4 N–H and O–H groups in total. The van der Waals surface area contributed by atoms with Gasteiger partial charge in [-0.2, -0.15) is 0 Å². The van der Waals surface area contributed by atoms with E-state index in [-0.39, 0.29) is 22.4 Å². The molecule has 0 unspecified atom stereocenters. The Labute approximate surface area is 360 Å². The molecule has 7 nitrogen and oxygen atoms in total. The second-order valence-corrected chi connectivity index (χ2v) is 17.7. The quantitative estimate of drug-likeness (QED) is 0.114. The number of nitrogens with zero attached hydrogens (tertiary/aromatic N) is 2. The van der Waals surface area contributed by atoms with Crippen molar-refractivity contribution in [2.24, 2.45) is 28.4 Å². The standard InChI is InChI=1S/C26H29FN2O.C14H8FNO2.C12H23N/c27-24-18-28-16-13-22(24)10-7-20-8-11-23(12-9-20)25(30)29-19-26(17-21-5-6-21)14-3-1-2-4-15-26;15-13-9-16-8-7-11(13)4-1-10-2-5-12(6-3-10)14(17)18;13-10-12(9-11-5-6-11)7-3-1-2-4-8-12/h8-9,11-13,16,18,21H,1-6,14-15,17,19H2,(H,29,30);2-3,5-9H,(H,17,18);11H,1-10,13H2. The van der Waals surface area contributed by atoms with Crippen LogP contribution in [-0.2, 0) is 0 Å². The van der Waals surface area contributed by atoms with Gasteiger partial charge in [0, 0.05) is 35.6 Å². The molecule has 4 aliphatic carbocycles. The van der Waals surface area contributed by atoms with Crippen LogP contribution >= 0.6 is 0 Å². The Kier molecular flexibility index (Phi) is 16.6. The lowest BCUT2D eigenvalue weighted by Crippen LogP contribution is -2.38. The molecule has 4 aliphatic rings. The van der Waals surface area contributed by atoms with Gasteiger partial charge in [0.05, 0.1) is 29.1 Å². The Morgan fingerprint density at radius 3 is 1.46 bits per heavy atom. The highest BCUT2D eigenvalue weighted by Crippen LogP contribution is 2.47. The van der Waals surface area contributed by atoms with Crippen LogP contribution in [0, 0.1) is 58.0 Å². The van der Waals surface area contributed by atoms with Crippen molar-refractivity contribution in [3.63, 3.8) is 0 Å². The van der Waals surface area contributed by atoms with Crippen LogP contribution in [0.3, 0.4) is 0 Å². The molecule has 0 spiro atoms. The summed E-state index contributed by atoms with van der Waals surface area (Å²) in [6.07, 6.45) is 30.0. The molecule has 2 aromatic carbocycles. The number of aromatic nitrogens is 2. The second-order valence-electron chi connectivity index (χ2n) is 17.7. The summed E-state index contributed by atoms with van der Waals surface area (Å²) in [4.78, 5) is 30.7. The van der Waals surface area contributed by atoms with Crippen molar-refractivity contribution in [3.8, 4) is 23.7 Å². The topological polar surface area (TPSA) is 118 Å². The SMILES string of the molecule is NCC1(CC2CC2)CCCCCC1.O=C(NCC1(CC2CC2)CCCCCC1)c1ccc(C#Cc2ccncc2F)cc1.O=C(O)c1ccc(C#Cc2ccncc2F)cc1. The number of carbonyl (C=O) groups is 2. The molecule has 61 heavy (non-hydrogen) atoms. The van der Waals surface area contributed by atoms with E-state index in [4.69, 9.17) is 10.8 Å². The minimum Gasteiger partial charge on any atom is -0.478 e. The molecule has 320 valence electrons. The monoisotopic (exact) mass is 826 g/mol. The predicted molar refractivity (Wildman–Crippen MR) is 237 cm³/mol. The van der Waals surface area contributed by atoms with Gasteiger partial charge in [-0.15, -0.1) is 0 Å². The summed E-state index contributed by atoms with van der Waals surface area (Å²) in [6.45, 7) is 1.73. The van der Waals surface area contributed by atoms with E-state index in [9.17, 15) is 18.4 Å². The third-order valence-electron chi connectivity index (χ3n) is 12.7. The molecule has 0 aliphatic heterocycles. The molecule has 0 radical (unpaired) electrons. The van der Waals surface area contributed by atoms with Crippen molar-refractivity contribution in [2.45, 2.75) is 116 Å². The normalized spacial score (nSPS) is 17.7. The molecule has 0 atom stereocenters. The van der Waals surface area contributed by atoms with E-state index in [0.717, 1.165) is 42.9 Å². The van der Waals surface area contributed by atoms with E-state index in [0.29, 0.717) is 22.1 Å². The molecule has 0 bridgehead atoms. The number of carboxylic acids is 1. The molecular formula is C52H60F2N4O3. The molecule has 4 fully saturated rings. The minimum atomic E-state index is -0.991. The van der Waals surface area contributed by atoms with E-state index < -0.39 is 17.6 Å². The summed E-state index contributed by atoms with van der Waals surface area (Å²) in [7, 11) is 0. The highest BCUT2D eigenvalue weighted by atomic mass is 19.1. The van der Waals surface area contributed by atoms with Crippen LogP contribution in [0.1, 0.15) is 159 Å². The third kappa shape index (κ3) is 14.6. The molecule has 1 amide bonds. The number of nitrogens with one attached hydrogen (secondary N) is 1. The molecule has 4 aromatic rings. The fraction of sp³-hybridized carbons (Fsp3) is 0.462. The Hall–Kier alpha value is -5.38. The molecule has 8 rings (SSSR count). The molecule has 2 aromatic heterocycles. The summed E-state index contributed by atoms with van der Waals surface area (Å²) in [6, 6.07) is 16.3. The van der Waals surface area contributed by atoms with E-state index in [1.54, 1.807) is 30.3 Å². The Morgan fingerprint density at radius 2 is 1.05 bits per heavy atom. The van der Waals surface area contributed by atoms with E-state index in [1.807, 2.05) is 12.1 Å². The number of halogens is 2. The third-order valence-corrected chi connectivity index (χ3v) is 12.7. The highest BCUT2D eigenvalue weighted by molar-refractivity contribution is 5.94. The number of rotatable bonds is 9. The fourth-order valence-corrected chi connectivity index (χ4v) is 8.77. The first-order chi connectivity index (χ1) is 29.6. The first-order valence-electron chi connectivity index (χ1n) is 22.3. The zero-order valence-corrected chi connectivity index (χ0v) is 35.4. The van der Waals surface area contributed by atoms with Crippen molar-refractivity contribution in [2.75, 3.05) is 13.1 Å². The second kappa shape index (κ2) is 22.5. The molecule has 0 saturated heterocycles. The molecule has 9 heteroatoms. The maximum Gasteiger partial charge on any atom is 0.335 e. The number of hydrogen-bond acceptors (Lipinski definition) is 5. The van der Waals surface area contributed by atoms with Crippen LogP contribution in [0.5, 0.6) is 0 Å². The number of benzene rings is 2. The van der Waals surface area contributed by atoms with Gasteiger partial charge in [-0.1, -0.05) is 101 Å². The van der Waals surface area contributed by atoms with Crippen LogP contribution in [0.15, 0.2) is 85.5 Å². The van der Waals surface area contributed by atoms with Gasteiger partial charge in [-0.25, -0.2) is 13.6 Å². The first kappa shape index (κ1) is 45.2. The number of hydrogen-bond donors (Lipinski definition) is 3. The number of carbonyl (C=O) groups excluding carboxylic acids is 1. The summed E-state index contributed by atoms with van der Waals surface area (Å²) < 4.78 is 26.8. The van der Waals surface area contributed by atoms with Crippen molar-refractivity contribution in [3.05, 3.63) is 130 Å². The largest absolute Gasteiger partial charge is 0.478 e. The summed E-state index contributed by atoms with van der Waals surface area (Å²) in [5.41, 5.74) is 9.61. The molecule has 2 heterocycles. The van der Waals surface area contributed by atoms with E-state index >= 15 is 0 Å². The maximum atomic E-state index is 13.6. The number of nitrogens with two attached hydrogens (primary N) is 1. The highest BCUT2D eigenvalue weighted by Gasteiger charge is 2.38. The molecular weight excluding hydrogens is 767 g/mol. The maximum absolute atomic E-state index is 13.6. The Morgan fingerprint density at radius 1 is 0.623 bits per heavy atom. The lowest BCUT2D eigenvalue weighted by molar-refractivity contribution is 0.0696. The average Bonchev–Trinajstić information content (AvgIpc) is 4.21. The molecule has 4 saturated carbocycles. The van der Waals surface area contributed by atoms with Crippen molar-refractivity contribution < 1.29 is 23.5 Å². The van der Waals surface area contributed by atoms with Gasteiger partial charge in [0.2, 0.25) is 0 Å². The lowest BCUT2D eigenvalue weighted by atomic mass is 9.75. The van der Waals surface area contributed by atoms with Gasteiger partial charge in [0.1, 0.15) is 0 Å². The van der Waals surface area contributed by atoms with Gasteiger partial charge >= 0.3 is 5.97 Å². The van der Waals surface area contributed by atoms with Gasteiger partial charge < -0.3 is 16.2 Å². The number of pyridine rings is 2. The van der Waals surface area contributed by atoms with Crippen LogP contribution < -0.4 is 11.1 Å². The van der Waals surface area contributed by atoms with Gasteiger partial charge in [-0.05, 0) is 128 Å². The summed E-state index contributed by atoms with van der Waals surface area (Å²) in [5.74, 6) is 11.2. The predicted octanol–water partition coefficient (Wildman–Crippen LogP) is 10.9. The smallest absolute Gasteiger partial charge is 0.335 e. The minimum absolute atomic E-state index is 0.0193. The van der Waals surface area contributed by atoms with Crippen LogP contribution in [0.4, 0.5) is 8.78 Å². The van der Waals surface area contributed by atoms with Gasteiger partial charge in [0.15, 0.2) is 11.6 Å². The summed E-state index contributed by atoms with van der Waals surface area (Å²) in [5, 5.41) is 12.0. The average molecular weight is 827 g/mol. The van der Waals surface area contributed by atoms with Crippen molar-refractivity contribution in [1.29, 1.82) is 0 Å². The zero-order valence-electron chi connectivity index (χ0n) is 35.4.